The van der Waals surface area contributed by atoms with Gasteiger partial charge in [-0.1, -0.05) is 28.9 Å². The minimum absolute atomic E-state index is 0.0482. The van der Waals surface area contributed by atoms with Crippen LogP contribution in [-0.2, 0) is 0 Å². The Hall–Kier alpha value is -1.85. The van der Waals surface area contributed by atoms with Crippen molar-refractivity contribution in [3.05, 3.63) is 41.1 Å². The summed E-state index contributed by atoms with van der Waals surface area (Å²) in [6, 6.07) is 8.83. The summed E-state index contributed by atoms with van der Waals surface area (Å²) in [6.07, 6.45) is 0.709. The van der Waals surface area contributed by atoms with Crippen molar-refractivity contribution in [2.45, 2.75) is 19.4 Å². The summed E-state index contributed by atoms with van der Waals surface area (Å²) in [5.41, 5.74) is 6.99. The molecule has 0 saturated heterocycles. The van der Waals surface area contributed by atoms with E-state index >= 15 is 0 Å². The highest BCUT2D eigenvalue weighted by Crippen LogP contribution is 2.22. The van der Waals surface area contributed by atoms with E-state index in [2.05, 4.69) is 10.5 Å². The van der Waals surface area contributed by atoms with Gasteiger partial charge in [0.25, 0.3) is 5.91 Å². The molecule has 106 valence electrons. The highest BCUT2D eigenvalue weighted by molar-refractivity contribution is 6.30. The molecule has 0 aliphatic rings. The molecule has 1 heterocycles. The number of hydrogen-bond donors (Lipinski definition) is 2. The summed E-state index contributed by atoms with van der Waals surface area (Å²) < 4.78 is 5.04. The van der Waals surface area contributed by atoms with Crippen LogP contribution in [0.3, 0.4) is 0 Å². The zero-order valence-electron chi connectivity index (χ0n) is 11.1. The summed E-state index contributed by atoms with van der Waals surface area (Å²) in [5, 5.41) is 7.21. The second-order valence-electron chi connectivity index (χ2n) is 4.61. The Morgan fingerprint density at radius 2 is 2.30 bits per heavy atom. The second-order valence-corrected chi connectivity index (χ2v) is 5.05. The zero-order valence-corrected chi connectivity index (χ0v) is 11.9. The molecule has 0 fully saturated rings. The Morgan fingerprint density at radius 3 is 3.00 bits per heavy atom. The lowest BCUT2D eigenvalue weighted by atomic mass is 10.1. The van der Waals surface area contributed by atoms with Gasteiger partial charge in [0.2, 0.25) is 5.76 Å². The van der Waals surface area contributed by atoms with Crippen molar-refractivity contribution in [1.82, 2.24) is 10.5 Å². The third kappa shape index (κ3) is 3.82. The summed E-state index contributed by atoms with van der Waals surface area (Å²) in [5.74, 6) is -0.129. The number of amides is 1. The number of benzene rings is 1. The molecule has 1 amide bonds. The van der Waals surface area contributed by atoms with Crippen molar-refractivity contribution < 1.29 is 9.32 Å². The Kier molecular flexibility index (Phi) is 4.76. The Labute approximate surface area is 122 Å². The first-order chi connectivity index (χ1) is 9.56. The average Bonchev–Trinajstić information content (AvgIpc) is 2.87. The molecule has 0 bridgehead atoms. The van der Waals surface area contributed by atoms with Crippen LogP contribution in [0.5, 0.6) is 0 Å². The minimum atomic E-state index is -0.300. The lowest BCUT2D eigenvalue weighted by Gasteiger charge is -2.04. The van der Waals surface area contributed by atoms with E-state index in [1.54, 1.807) is 18.2 Å². The van der Waals surface area contributed by atoms with E-state index in [1.165, 1.54) is 0 Å². The fourth-order valence-corrected chi connectivity index (χ4v) is 1.86. The lowest BCUT2D eigenvalue weighted by molar-refractivity contribution is 0.0916. The topological polar surface area (TPSA) is 81.1 Å². The molecule has 6 heteroatoms. The SMILES string of the molecule is CC(N)CCNC(=O)c1cc(-c2cccc(Cl)c2)no1. The third-order valence-corrected chi connectivity index (χ3v) is 2.97. The van der Waals surface area contributed by atoms with Gasteiger partial charge in [0.05, 0.1) is 0 Å². The first-order valence-corrected chi connectivity index (χ1v) is 6.70. The van der Waals surface area contributed by atoms with Gasteiger partial charge < -0.3 is 15.6 Å². The predicted octanol–water partition coefficient (Wildman–Crippen LogP) is 2.46. The highest BCUT2D eigenvalue weighted by Gasteiger charge is 2.13. The van der Waals surface area contributed by atoms with Crippen LogP contribution in [-0.4, -0.2) is 23.7 Å². The van der Waals surface area contributed by atoms with E-state index in [-0.39, 0.29) is 17.7 Å². The van der Waals surface area contributed by atoms with Crippen molar-refractivity contribution in [3.63, 3.8) is 0 Å². The summed E-state index contributed by atoms with van der Waals surface area (Å²) in [6.45, 7) is 2.39. The molecule has 0 spiro atoms. The minimum Gasteiger partial charge on any atom is -0.350 e. The van der Waals surface area contributed by atoms with Crippen LogP contribution in [0.25, 0.3) is 11.3 Å². The number of nitrogens with two attached hydrogens (primary N) is 1. The van der Waals surface area contributed by atoms with E-state index in [4.69, 9.17) is 21.9 Å². The van der Waals surface area contributed by atoms with E-state index in [0.29, 0.717) is 23.7 Å². The number of rotatable bonds is 5. The molecule has 2 rings (SSSR count). The molecular weight excluding hydrogens is 278 g/mol. The Morgan fingerprint density at radius 1 is 1.50 bits per heavy atom. The van der Waals surface area contributed by atoms with Gasteiger partial charge in [-0.25, -0.2) is 0 Å². The summed E-state index contributed by atoms with van der Waals surface area (Å²) in [7, 11) is 0. The number of nitrogens with zero attached hydrogens (tertiary/aromatic N) is 1. The smallest absolute Gasteiger partial charge is 0.289 e. The van der Waals surface area contributed by atoms with Gasteiger partial charge in [0.1, 0.15) is 5.69 Å². The van der Waals surface area contributed by atoms with Gasteiger partial charge in [-0.2, -0.15) is 0 Å². The molecule has 0 saturated carbocycles. The van der Waals surface area contributed by atoms with E-state index in [1.807, 2.05) is 19.1 Å². The largest absolute Gasteiger partial charge is 0.350 e. The van der Waals surface area contributed by atoms with Crippen LogP contribution in [0.4, 0.5) is 0 Å². The standard InChI is InChI=1S/C14H16ClN3O2/c1-9(16)5-6-17-14(19)13-8-12(18-20-13)10-3-2-4-11(15)7-10/h2-4,7-9H,5-6,16H2,1H3,(H,17,19). The van der Waals surface area contributed by atoms with Crippen LogP contribution < -0.4 is 11.1 Å². The normalized spacial score (nSPS) is 12.2. The quantitative estimate of drug-likeness (QED) is 0.887. The molecule has 0 radical (unpaired) electrons. The van der Waals surface area contributed by atoms with Crippen LogP contribution in [0.2, 0.25) is 5.02 Å². The number of nitrogens with one attached hydrogen (secondary N) is 1. The number of hydrogen-bond acceptors (Lipinski definition) is 4. The van der Waals surface area contributed by atoms with Gasteiger partial charge in [0, 0.05) is 29.2 Å². The van der Waals surface area contributed by atoms with E-state index in [9.17, 15) is 4.79 Å². The fourth-order valence-electron chi connectivity index (χ4n) is 1.67. The maximum Gasteiger partial charge on any atom is 0.289 e. The molecular formula is C14H16ClN3O2. The number of halogens is 1. The first kappa shape index (κ1) is 14.6. The lowest BCUT2D eigenvalue weighted by Crippen LogP contribution is -2.28. The maximum atomic E-state index is 11.8. The van der Waals surface area contributed by atoms with Crippen LogP contribution in [0, 0.1) is 0 Å². The average molecular weight is 294 g/mol. The van der Waals surface area contributed by atoms with Crippen LogP contribution in [0.1, 0.15) is 23.9 Å². The van der Waals surface area contributed by atoms with Gasteiger partial charge in [-0.3, -0.25) is 4.79 Å². The molecule has 1 aromatic heterocycles. The Bertz CT molecular complexity index is 596. The summed E-state index contributed by atoms with van der Waals surface area (Å²) >= 11 is 5.91. The molecule has 1 atom stereocenters. The molecule has 5 nitrogen and oxygen atoms in total. The third-order valence-electron chi connectivity index (χ3n) is 2.74. The van der Waals surface area contributed by atoms with Gasteiger partial charge in [0.15, 0.2) is 0 Å². The van der Waals surface area contributed by atoms with Crippen LogP contribution in [0.15, 0.2) is 34.9 Å². The molecule has 3 N–H and O–H groups in total. The monoisotopic (exact) mass is 293 g/mol. The van der Waals surface area contributed by atoms with Gasteiger partial charge >= 0.3 is 0 Å². The maximum absolute atomic E-state index is 11.8. The summed E-state index contributed by atoms with van der Waals surface area (Å²) in [4.78, 5) is 11.8. The predicted molar refractivity (Wildman–Crippen MR) is 77.5 cm³/mol. The number of aromatic nitrogens is 1. The molecule has 2 aromatic rings. The number of carbonyl (C=O) groups is 1. The number of carbonyl (C=O) groups excluding carboxylic acids is 1. The second kappa shape index (κ2) is 6.54. The molecule has 0 aliphatic carbocycles. The van der Waals surface area contributed by atoms with Crippen molar-refractivity contribution in [2.24, 2.45) is 5.73 Å². The Balaban J connectivity index is 2.03. The molecule has 1 aromatic carbocycles. The van der Waals surface area contributed by atoms with Crippen molar-refractivity contribution in [2.75, 3.05) is 6.54 Å². The molecule has 0 aliphatic heterocycles. The van der Waals surface area contributed by atoms with Gasteiger partial charge in [-0.15, -0.1) is 0 Å². The molecule has 1 unspecified atom stereocenters. The fraction of sp³-hybridized carbons (Fsp3) is 0.286. The van der Waals surface area contributed by atoms with Crippen molar-refractivity contribution >= 4 is 17.5 Å². The van der Waals surface area contributed by atoms with Gasteiger partial charge in [-0.05, 0) is 25.5 Å². The van der Waals surface area contributed by atoms with Crippen molar-refractivity contribution in [1.29, 1.82) is 0 Å². The van der Waals surface area contributed by atoms with Crippen molar-refractivity contribution in [3.8, 4) is 11.3 Å². The first-order valence-electron chi connectivity index (χ1n) is 6.32. The highest BCUT2D eigenvalue weighted by atomic mass is 35.5. The molecule has 20 heavy (non-hydrogen) atoms. The van der Waals surface area contributed by atoms with E-state index < -0.39 is 0 Å². The van der Waals surface area contributed by atoms with Crippen LogP contribution >= 0.6 is 11.6 Å². The zero-order chi connectivity index (χ0) is 14.5. The van der Waals surface area contributed by atoms with E-state index in [0.717, 1.165) is 5.56 Å².